The van der Waals surface area contributed by atoms with Crippen molar-refractivity contribution >= 4 is 52.3 Å². The molecular formula is C14H9ClN2OS2. The van der Waals surface area contributed by atoms with E-state index in [9.17, 15) is 4.79 Å². The normalized spacial score (nSPS) is 16.4. The molecule has 0 saturated carbocycles. The predicted octanol–water partition coefficient (Wildman–Crippen LogP) is 3.41. The molecule has 0 radical (unpaired) electrons. The summed E-state index contributed by atoms with van der Waals surface area (Å²) in [7, 11) is 0. The van der Waals surface area contributed by atoms with E-state index in [2.05, 4.69) is 10.6 Å². The van der Waals surface area contributed by atoms with Gasteiger partial charge < -0.3 is 5.32 Å². The largest absolute Gasteiger partial charge is 0.328 e. The van der Waals surface area contributed by atoms with Gasteiger partial charge in [-0.2, -0.15) is 0 Å². The van der Waals surface area contributed by atoms with Gasteiger partial charge in [0.1, 0.15) is 5.70 Å². The van der Waals surface area contributed by atoms with Crippen LogP contribution in [0.2, 0.25) is 5.02 Å². The summed E-state index contributed by atoms with van der Waals surface area (Å²) < 4.78 is 0. The summed E-state index contributed by atoms with van der Waals surface area (Å²) in [5, 5.41) is 6.42. The number of hydrogen-bond donors (Lipinski definition) is 2. The van der Waals surface area contributed by atoms with Crippen LogP contribution < -0.4 is 10.6 Å². The smallest absolute Gasteiger partial charge is 0.273 e. The fraction of sp³-hybridized carbons (Fsp3) is 0. The Balaban J connectivity index is 1.87. The van der Waals surface area contributed by atoms with Gasteiger partial charge >= 0.3 is 0 Å². The number of carbonyl (C=O) groups is 1. The highest BCUT2D eigenvalue weighted by Crippen LogP contribution is 2.30. The lowest BCUT2D eigenvalue weighted by Gasteiger charge is -1.96. The zero-order valence-electron chi connectivity index (χ0n) is 10.1. The molecule has 3 nitrogen and oxygen atoms in total. The van der Waals surface area contributed by atoms with Crippen LogP contribution in [0.15, 0.2) is 42.1 Å². The SMILES string of the molecule is O=C1NC(=S)NC1=Cc1ccc(-c2ccc(Cl)cc2)s1. The first kappa shape index (κ1) is 13.3. The second kappa shape index (κ2) is 5.36. The van der Waals surface area contributed by atoms with Crippen LogP contribution >= 0.6 is 35.2 Å². The molecule has 2 N–H and O–H groups in total. The molecule has 1 aromatic heterocycles. The van der Waals surface area contributed by atoms with E-state index in [0.29, 0.717) is 15.8 Å². The zero-order valence-corrected chi connectivity index (χ0v) is 12.5. The van der Waals surface area contributed by atoms with E-state index in [1.165, 1.54) is 0 Å². The summed E-state index contributed by atoms with van der Waals surface area (Å²) in [6.45, 7) is 0. The maximum absolute atomic E-state index is 11.6. The van der Waals surface area contributed by atoms with E-state index >= 15 is 0 Å². The predicted molar refractivity (Wildman–Crippen MR) is 86.6 cm³/mol. The third-order valence-electron chi connectivity index (χ3n) is 2.76. The number of carbonyl (C=O) groups excluding carboxylic acids is 1. The number of thiophene rings is 1. The van der Waals surface area contributed by atoms with Gasteiger partial charge in [0, 0.05) is 14.8 Å². The van der Waals surface area contributed by atoms with Crippen LogP contribution in [0.5, 0.6) is 0 Å². The number of rotatable bonds is 2. The summed E-state index contributed by atoms with van der Waals surface area (Å²) in [4.78, 5) is 13.7. The molecule has 3 rings (SSSR count). The van der Waals surface area contributed by atoms with Gasteiger partial charge in [0.05, 0.1) is 0 Å². The molecule has 0 bridgehead atoms. The van der Waals surface area contributed by atoms with Crippen molar-refractivity contribution in [2.75, 3.05) is 0 Å². The summed E-state index contributed by atoms with van der Waals surface area (Å²) in [5.74, 6) is -0.198. The van der Waals surface area contributed by atoms with E-state index in [1.54, 1.807) is 17.4 Å². The van der Waals surface area contributed by atoms with E-state index in [4.69, 9.17) is 23.8 Å². The Morgan fingerprint density at radius 3 is 2.50 bits per heavy atom. The van der Waals surface area contributed by atoms with Gasteiger partial charge in [0.25, 0.3) is 5.91 Å². The van der Waals surface area contributed by atoms with Crippen molar-refractivity contribution in [2.45, 2.75) is 0 Å². The van der Waals surface area contributed by atoms with Gasteiger partial charge in [-0.1, -0.05) is 23.7 Å². The van der Waals surface area contributed by atoms with E-state index in [0.717, 1.165) is 15.3 Å². The van der Waals surface area contributed by atoms with Gasteiger partial charge in [-0.25, -0.2) is 0 Å². The van der Waals surface area contributed by atoms with Crippen LogP contribution in [-0.2, 0) is 4.79 Å². The third-order valence-corrected chi connectivity index (χ3v) is 4.30. The minimum atomic E-state index is -0.198. The van der Waals surface area contributed by atoms with Gasteiger partial charge in [-0.05, 0) is 48.1 Å². The molecule has 0 unspecified atom stereocenters. The number of benzene rings is 1. The van der Waals surface area contributed by atoms with Crippen LogP contribution in [0, 0.1) is 0 Å². The van der Waals surface area contributed by atoms with Crippen molar-refractivity contribution in [3.05, 3.63) is 52.0 Å². The Labute approximate surface area is 130 Å². The molecule has 1 aliphatic rings. The Morgan fingerprint density at radius 2 is 1.85 bits per heavy atom. The highest BCUT2D eigenvalue weighted by Gasteiger charge is 2.20. The molecule has 0 aliphatic carbocycles. The second-order valence-corrected chi connectivity index (χ2v) is 6.14. The topological polar surface area (TPSA) is 41.1 Å². The van der Waals surface area contributed by atoms with Gasteiger partial charge in [-0.3, -0.25) is 10.1 Å². The average Bonchev–Trinajstić information content (AvgIpc) is 2.98. The lowest BCUT2D eigenvalue weighted by atomic mass is 10.2. The zero-order chi connectivity index (χ0) is 14.1. The molecular weight excluding hydrogens is 312 g/mol. The third kappa shape index (κ3) is 2.75. The van der Waals surface area contributed by atoms with Crippen molar-refractivity contribution in [1.82, 2.24) is 10.6 Å². The Hall–Kier alpha value is -1.69. The number of amides is 1. The Bertz CT molecular complexity index is 719. The minimum absolute atomic E-state index is 0.198. The Kier molecular flexibility index (Phi) is 3.56. The van der Waals surface area contributed by atoms with Crippen molar-refractivity contribution in [1.29, 1.82) is 0 Å². The molecule has 20 heavy (non-hydrogen) atoms. The minimum Gasteiger partial charge on any atom is -0.328 e. The van der Waals surface area contributed by atoms with Crippen LogP contribution in [0.3, 0.4) is 0 Å². The molecule has 1 aromatic carbocycles. The number of hydrogen-bond acceptors (Lipinski definition) is 3. The first-order valence-corrected chi connectivity index (χ1v) is 7.42. The summed E-state index contributed by atoms with van der Waals surface area (Å²) in [6.07, 6.45) is 1.79. The van der Waals surface area contributed by atoms with Crippen molar-refractivity contribution in [2.24, 2.45) is 0 Å². The highest BCUT2D eigenvalue weighted by molar-refractivity contribution is 7.80. The lowest BCUT2D eigenvalue weighted by Crippen LogP contribution is -2.21. The van der Waals surface area contributed by atoms with E-state index in [-0.39, 0.29) is 5.91 Å². The van der Waals surface area contributed by atoms with Crippen LogP contribution in [0.1, 0.15) is 4.88 Å². The Morgan fingerprint density at radius 1 is 1.10 bits per heavy atom. The van der Waals surface area contributed by atoms with Crippen molar-refractivity contribution in [3.63, 3.8) is 0 Å². The molecule has 2 heterocycles. The molecule has 100 valence electrons. The lowest BCUT2D eigenvalue weighted by molar-refractivity contribution is -0.115. The molecule has 1 saturated heterocycles. The molecule has 1 fully saturated rings. The molecule has 1 aliphatic heterocycles. The summed E-state index contributed by atoms with van der Waals surface area (Å²) >= 11 is 12.4. The quantitative estimate of drug-likeness (QED) is 0.658. The average molecular weight is 321 g/mol. The van der Waals surface area contributed by atoms with Gasteiger partial charge in [0.15, 0.2) is 5.11 Å². The monoisotopic (exact) mass is 320 g/mol. The number of thiocarbonyl (C=S) groups is 1. The van der Waals surface area contributed by atoms with Crippen LogP contribution in [0.25, 0.3) is 16.5 Å². The molecule has 6 heteroatoms. The molecule has 0 atom stereocenters. The fourth-order valence-corrected chi connectivity index (χ4v) is 3.11. The summed E-state index contributed by atoms with van der Waals surface area (Å²) in [6, 6.07) is 11.7. The van der Waals surface area contributed by atoms with E-state index < -0.39 is 0 Å². The number of halogens is 1. The van der Waals surface area contributed by atoms with Crippen molar-refractivity contribution in [3.8, 4) is 10.4 Å². The maximum Gasteiger partial charge on any atom is 0.273 e. The first-order valence-electron chi connectivity index (χ1n) is 5.81. The number of nitrogens with one attached hydrogen (secondary N) is 2. The van der Waals surface area contributed by atoms with Crippen molar-refractivity contribution < 1.29 is 4.79 Å². The molecule has 2 aromatic rings. The van der Waals surface area contributed by atoms with Crippen LogP contribution in [0.4, 0.5) is 0 Å². The first-order chi connectivity index (χ1) is 9.61. The van der Waals surface area contributed by atoms with Crippen LogP contribution in [-0.4, -0.2) is 11.0 Å². The van der Waals surface area contributed by atoms with E-state index in [1.807, 2.05) is 36.4 Å². The van der Waals surface area contributed by atoms with Gasteiger partial charge in [-0.15, -0.1) is 11.3 Å². The van der Waals surface area contributed by atoms with Gasteiger partial charge in [0.2, 0.25) is 0 Å². The highest BCUT2D eigenvalue weighted by atomic mass is 35.5. The molecule has 1 amide bonds. The maximum atomic E-state index is 11.6. The fourth-order valence-electron chi connectivity index (χ4n) is 1.82. The second-order valence-electron chi connectivity index (χ2n) is 4.18. The molecule has 0 spiro atoms. The standard InChI is InChI=1S/C14H9ClN2OS2/c15-9-3-1-8(2-4-9)12-6-5-10(20-12)7-11-13(18)17-14(19)16-11/h1-7H,(H2,16,17,18,19). The summed E-state index contributed by atoms with van der Waals surface area (Å²) in [5.41, 5.74) is 1.57.